The van der Waals surface area contributed by atoms with Gasteiger partial charge in [-0.2, -0.15) is 15.1 Å². The molecule has 1 aromatic heterocycles. The first-order valence-corrected chi connectivity index (χ1v) is 17.5. The SMILES string of the molecule is CN(C)C(=O)C1CCCCC1.CN1CCOCC1.COc1ncnc(/C2=C/C=C\CC3=NN(PI)C=C2C3)n1. The summed E-state index contributed by atoms with van der Waals surface area (Å²) in [6, 6.07) is 0.324. The summed E-state index contributed by atoms with van der Waals surface area (Å²) in [7, 11) is 7.35. The molecule has 1 saturated carbocycles. The fourth-order valence-electron chi connectivity index (χ4n) is 4.52. The molecule has 1 atom stereocenters. The molecule has 5 rings (SSSR count). The largest absolute Gasteiger partial charge is 0.467 e. The quantitative estimate of drug-likeness (QED) is 0.336. The standard InChI is InChI=1S/C13H13IN5OP.C9H17NO.C5H11NO/c1-20-13-16-8-15-12(17-13)11-5-3-2-4-10-6-9(11)7-19(18-10)21-14;1-10(2)9(11)8-6-4-3-5-7-8;1-6-2-4-7-5-3-6/h2-3,5,7-8,21H,4,6H2,1H3;8H,3-7H2,1-2H3;2-5H2,1H3/b3-2-,11-5+;;. The zero-order chi connectivity index (χ0) is 28.0. The van der Waals surface area contributed by atoms with Crippen molar-refractivity contribution in [3.05, 3.63) is 42.2 Å². The summed E-state index contributed by atoms with van der Waals surface area (Å²) in [6.45, 7) is 4.02. The summed E-state index contributed by atoms with van der Waals surface area (Å²) in [6.07, 6.45) is 18.0. The molecular formula is C27H41IN7O3P. The molecule has 1 amide bonds. The summed E-state index contributed by atoms with van der Waals surface area (Å²) in [5.41, 5.74) is 3.31. The molecule has 0 radical (unpaired) electrons. The van der Waals surface area contributed by atoms with Crippen LogP contribution in [0, 0.1) is 5.92 Å². The number of aromatic nitrogens is 3. The predicted molar refractivity (Wildman–Crippen MR) is 166 cm³/mol. The third-order valence-electron chi connectivity index (χ3n) is 6.71. The number of methoxy groups -OCH3 is 1. The van der Waals surface area contributed by atoms with Gasteiger partial charge in [-0.1, -0.05) is 37.5 Å². The number of hydrazone groups is 1. The maximum absolute atomic E-state index is 11.4. The Morgan fingerprint density at radius 1 is 1.18 bits per heavy atom. The highest BCUT2D eigenvalue weighted by molar-refractivity contribution is 14.2. The number of hydrogen-bond donors (Lipinski definition) is 0. The molecule has 10 nitrogen and oxygen atoms in total. The van der Waals surface area contributed by atoms with Crippen LogP contribution in [0.2, 0.25) is 0 Å². The maximum atomic E-state index is 11.4. The average molecular weight is 670 g/mol. The number of carbonyl (C=O) groups excluding carboxylic acids is 1. The monoisotopic (exact) mass is 669 g/mol. The van der Waals surface area contributed by atoms with Crippen LogP contribution in [0.3, 0.4) is 0 Å². The Morgan fingerprint density at radius 3 is 2.54 bits per heavy atom. The molecule has 2 aliphatic carbocycles. The van der Waals surface area contributed by atoms with E-state index in [9.17, 15) is 4.79 Å². The van der Waals surface area contributed by atoms with Crippen molar-refractivity contribution < 1.29 is 14.3 Å². The molecule has 0 N–H and O–H groups in total. The normalized spacial score (nSPS) is 22.0. The Bertz CT molecular complexity index is 1050. The van der Waals surface area contributed by atoms with Crippen molar-refractivity contribution in [2.45, 2.75) is 44.9 Å². The third kappa shape index (κ3) is 10.5. The third-order valence-corrected chi connectivity index (χ3v) is 8.59. The number of nitrogens with zero attached hydrogens (tertiary/aromatic N) is 7. The predicted octanol–water partition coefficient (Wildman–Crippen LogP) is 4.72. The van der Waals surface area contributed by atoms with Gasteiger partial charge in [0.1, 0.15) is 6.33 Å². The number of carbonyl (C=O) groups is 1. The minimum atomic E-state index is 0.324. The van der Waals surface area contributed by atoms with Crippen molar-refractivity contribution in [1.29, 1.82) is 0 Å². The van der Waals surface area contributed by atoms with E-state index in [4.69, 9.17) is 9.47 Å². The molecule has 214 valence electrons. The smallest absolute Gasteiger partial charge is 0.319 e. The summed E-state index contributed by atoms with van der Waals surface area (Å²) in [5, 5.41) is 4.61. The van der Waals surface area contributed by atoms with E-state index in [1.165, 1.54) is 31.2 Å². The zero-order valence-electron chi connectivity index (χ0n) is 23.5. The molecule has 3 heterocycles. The van der Waals surface area contributed by atoms with Crippen LogP contribution in [0.15, 0.2) is 41.4 Å². The van der Waals surface area contributed by atoms with E-state index in [1.54, 1.807) is 12.0 Å². The van der Waals surface area contributed by atoms with E-state index in [0.717, 1.165) is 63.3 Å². The molecule has 1 saturated heterocycles. The van der Waals surface area contributed by atoms with Crippen LogP contribution >= 0.6 is 28.4 Å². The molecule has 2 aliphatic heterocycles. The van der Waals surface area contributed by atoms with Crippen LogP contribution < -0.4 is 4.74 Å². The Balaban J connectivity index is 0.000000194. The van der Waals surface area contributed by atoms with Gasteiger partial charge in [0.05, 0.1) is 26.7 Å². The van der Waals surface area contributed by atoms with Crippen molar-refractivity contribution in [3.63, 3.8) is 0 Å². The summed E-state index contributed by atoms with van der Waals surface area (Å²) in [4.78, 5) is 28.0. The second kappa shape index (κ2) is 17.0. The summed E-state index contributed by atoms with van der Waals surface area (Å²) < 4.78 is 12.2. The molecule has 1 aromatic rings. The first-order valence-electron chi connectivity index (χ1n) is 13.4. The molecule has 0 spiro atoms. The number of allylic oxidation sites excluding steroid dienone is 5. The van der Waals surface area contributed by atoms with Crippen LogP contribution in [0.1, 0.15) is 50.8 Å². The van der Waals surface area contributed by atoms with Crippen molar-refractivity contribution in [3.8, 4) is 6.01 Å². The maximum Gasteiger partial charge on any atom is 0.319 e. The molecule has 2 bridgehead atoms. The lowest BCUT2D eigenvalue weighted by Gasteiger charge is -2.23. The average Bonchev–Trinajstić information content (AvgIpc) is 2.97. The zero-order valence-corrected chi connectivity index (χ0v) is 26.6. The van der Waals surface area contributed by atoms with Crippen molar-refractivity contribution >= 4 is 45.6 Å². The lowest BCUT2D eigenvalue weighted by Crippen LogP contribution is -2.32. The van der Waals surface area contributed by atoms with Gasteiger partial charge < -0.3 is 19.3 Å². The van der Waals surface area contributed by atoms with Gasteiger partial charge in [0, 0.05) is 63.4 Å². The number of ether oxygens (including phenoxy) is 2. The van der Waals surface area contributed by atoms with E-state index in [1.807, 2.05) is 31.0 Å². The van der Waals surface area contributed by atoms with Crippen LogP contribution in [-0.4, -0.2) is 95.7 Å². The van der Waals surface area contributed by atoms with Gasteiger partial charge in [-0.25, -0.2) is 9.76 Å². The van der Waals surface area contributed by atoms with Gasteiger partial charge >= 0.3 is 6.01 Å². The van der Waals surface area contributed by atoms with Crippen molar-refractivity contribution in [2.75, 3.05) is 54.6 Å². The summed E-state index contributed by atoms with van der Waals surface area (Å²) >= 11 is 2.33. The van der Waals surface area contributed by atoms with E-state index in [0.29, 0.717) is 30.0 Å². The number of halogens is 1. The highest BCUT2D eigenvalue weighted by Crippen LogP contribution is 2.36. The molecule has 1 unspecified atom stereocenters. The lowest BCUT2D eigenvalue weighted by atomic mass is 9.88. The molecular weight excluding hydrogens is 628 g/mol. The fraction of sp³-hybridized carbons (Fsp3) is 0.593. The Morgan fingerprint density at radius 2 is 1.92 bits per heavy atom. The van der Waals surface area contributed by atoms with E-state index < -0.39 is 0 Å². The minimum absolute atomic E-state index is 0.324. The Hall–Kier alpha value is -1.95. The summed E-state index contributed by atoms with van der Waals surface area (Å²) in [5.74, 6) is 1.28. The van der Waals surface area contributed by atoms with Gasteiger partial charge in [-0.3, -0.25) is 4.79 Å². The topological polar surface area (TPSA) is 96.3 Å². The number of fused-ring (bicyclic) bond motifs is 2. The van der Waals surface area contributed by atoms with Crippen LogP contribution in [0.25, 0.3) is 5.57 Å². The van der Waals surface area contributed by atoms with Gasteiger partial charge in [-0.15, -0.1) is 0 Å². The van der Waals surface area contributed by atoms with Gasteiger partial charge in [0.25, 0.3) is 0 Å². The number of hydrogen-bond acceptors (Lipinski definition) is 9. The minimum Gasteiger partial charge on any atom is -0.467 e. The van der Waals surface area contributed by atoms with Crippen LogP contribution in [0.5, 0.6) is 6.01 Å². The number of morpholine rings is 1. The van der Waals surface area contributed by atoms with E-state index >= 15 is 0 Å². The fourth-order valence-corrected chi connectivity index (χ4v) is 5.65. The van der Waals surface area contributed by atoms with Crippen LogP contribution in [-0.2, 0) is 9.53 Å². The highest BCUT2D eigenvalue weighted by atomic mass is 127. The molecule has 0 aromatic carbocycles. The van der Waals surface area contributed by atoms with E-state index in [2.05, 4.69) is 66.3 Å². The molecule has 2 fully saturated rings. The number of likely N-dealkylation sites (N-methyl/N-ethyl adjacent to an activating group) is 1. The Labute approximate surface area is 247 Å². The second-order valence-corrected chi connectivity index (χ2v) is 12.0. The second-order valence-electron chi connectivity index (χ2n) is 9.92. The number of rotatable bonds is 4. The Kier molecular flexibility index (Phi) is 13.8. The molecule has 12 heteroatoms. The van der Waals surface area contributed by atoms with Gasteiger partial charge in [0.2, 0.25) is 5.91 Å². The van der Waals surface area contributed by atoms with Crippen LogP contribution in [0.4, 0.5) is 0 Å². The first-order chi connectivity index (χ1) is 18.9. The van der Waals surface area contributed by atoms with Gasteiger partial charge in [-0.05, 0) is 47.5 Å². The lowest BCUT2D eigenvalue weighted by molar-refractivity contribution is -0.133. The number of amides is 1. The highest BCUT2D eigenvalue weighted by Gasteiger charge is 2.22. The van der Waals surface area contributed by atoms with Gasteiger partial charge in [0.15, 0.2) is 5.82 Å². The van der Waals surface area contributed by atoms with Crippen molar-refractivity contribution in [1.82, 2.24) is 29.5 Å². The molecule has 39 heavy (non-hydrogen) atoms. The first kappa shape index (κ1) is 31.6. The molecule has 4 aliphatic rings. The van der Waals surface area contributed by atoms with E-state index in [-0.39, 0.29) is 0 Å². The van der Waals surface area contributed by atoms with Crippen molar-refractivity contribution in [2.24, 2.45) is 11.0 Å².